The maximum absolute atomic E-state index is 12.2. The van der Waals surface area contributed by atoms with E-state index < -0.39 is 5.97 Å². The average molecular weight is 299 g/mol. The number of aliphatic carboxylic acids is 1. The van der Waals surface area contributed by atoms with Gasteiger partial charge in [-0.15, -0.1) is 11.3 Å². The molecule has 1 aromatic heterocycles. The minimum Gasteiger partial charge on any atom is -0.481 e. The number of carbonyl (C=O) groups is 2. The number of carboxylic acids is 1. The summed E-state index contributed by atoms with van der Waals surface area (Å²) in [5.74, 6) is -0.915. The van der Waals surface area contributed by atoms with Gasteiger partial charge in [-0.2, -0.15) is 0 Å². The molecular weight excluding hydrogens is 278 g/mol. The molecule has 20 heavy (non-hydrogen) atoms. The molecule has 112 valence electrons. The van der Waals surface area contributed by atoms with Crippen molar-refractivity contribution in [1.82, 2.24) is 9.88 Å². The van der Waals surface area contributed by atoms with Crippen molar-refractivity contribution in [2.45, 2.75) is 46.6 Å². The van der Waals surface area contributed by atoms with Gasteiger partial charge in [-0.25, -0.2) is 9.78 Å². The zero-order valence-corrected chi connectivity index (χ0v) is 13.1. The molecule has 1 aromatic rings. The number of thiazole rings is 1. The third-order valence-electron chi connectivity index (χ3n) is 2.89. The Labute approximate surface area is 122 Å². The van der Waals surface area contributed by atoms with E-state index in [-0.39, 0.29) is 25.0 Å². The van der Waals surface area contributed by atoms with E-state index in [4.69, 9.17) is 5.11 Å². The summed E-state index contributed by atoms with van der Waals surface area (Å²) < 4.78 is 0. The lowest BCUT2D eigenvalue weighted by Gasteiger charge is -2.25. The number of nitrogens with one attached hydrogen (secondary N) is 1. The van der Waals surface area contributed by atoms with Gasteiger partial charge in [0.25, 0.3) is 0 Å². The van der Waals surface area contributed by atoms with Crippen LogP contribution in [0.15, 0.2) is 0 Å². The Morgan fingerprint density at radius 1 is 1.45 bits per heavy atom. The molecule has 7 heteroatoms. The van der Waals surface area contributed by atoms with Crippen molar-refractivity contribution in [3.05, 3.63) is 10.6 Å². The lowest BCUT2D eigenvalue weighted by atomic mass is 10.3. The van der Waals surface area contributed by atoms with Crippen LogP contribution in [0.25, 0.3) is 0 Å². The van der Waals surface area contributed by atoms with Crippen LogP contribution in [0.4, 0.5) is 9.93 Å². The largest absolute Gasteiger partial charge is 0.481 e. The quantitative estimate of drug-likeness (QED) is 0.846. The van der Waals surface area contributed by atoms with Gasteiger partial charge in [-0.05, 0) is 27.2 Å². The standard InChI is InChI=1S/C13H21N3O3S/c1-5-10-9(4)20-12(14-10)15-13(19)16(8(2)3)7-6-11(17)18/h8H,5-7H2,1-4H3,(H,17,18)(H,14,15,19). The van der Waals surface area contributed by atoms with E-state index in [1.54, 1.807) is 0 Å². The van der Waals surface area contributed by atoms with Crippen molar-refractivity contribution >= 4 is 28.5 Å². The highest BCUT2D eigenvalue weighted by Gasteiger charge is 2.19. The number of urea groups is 1. The fourth-order valence-corrected chi connectivity index (χ4v) is 2.68. The van der Waals surface area contributed by atoms with Crippen molar-refractivity contribution < 1.29 is 14.7 Å². The van der Waals surface area contributed by atoms with Gasteiger partial charge in [0, 0.05) is 17.5 Å². The highest BCUT2D eigenvalue weighted by Crippen LogP contribution is 2.22. The predicted molar refractivity (Wildman–Crippen MR) is 79.3 cm³/mol. The van der Waals surface area contributed by atoms with Crippen LogP contribution >= 0.6 is 11.3 Å². The van der Waals surface area contributed by atoms with E-state index in [0.717, 1.165) is 17.0 Å². The second-order valence-electron chi connectivity index (χ2n) is 4.74. The van der Waals surface area contributed by atoms with Crippen LogP contribution in [0.2, 0.25) is 0 Å². The van der Waals surface area contributed by atoms with Crippen LogP contribution in [0.5, 0.6) is 0 Å². The van der Waals surface area contributed by atoms with E-state index in [1.165, 1.54) is 16.2 Å². The van der Waals surface area contributed by atoms with Gasteiger partial charge in [-0.3, -0.25) is 10.1 Å². The molecule has 0 spiro atoms. The summed E-state index contributed by atoms with van der Waals surface area (Å²) in [6, 6.07) is -0.376. The summed E-state index contributed by atoms with van der Waals surface area (Å²) in [6.07, 6.45) is 0.758. The van der Waals surface area contributed by atoms with Crippen molar-refractivity contribution in [1.29, 1.82) is 0 Å². The molecule has 6 nitrogen and oxygen atoms in total. The Kier molecular flexibility index (Phi) is 5.94. The van der Waals surface area contributed by atoms with E-state index in [2.05, 4.69) is 10.3 Å². The van der Waals surface area contributed by atoms with Crippen LogP contribution < -0.4 is 5.32 Å². The van der Waals surface area contributed by atoms with Gasteiger partial charge in [0.1, 0.15) is 0 Å². The molecule has 0 fully saturated rings. The minimum atomic E-state index is -0.915. The fraction of sp³-hybridized carbons (Fsp3) is 0.615. The van der Waals surface area contributed by atoms with Crippen molar-refractivity contribution in [3.63, 3.8) is 0 Å². The van der Waals surface area contributed by atoms with Crippen molar-refractivity contribution in [3.8, 4) is 0 Å². The minimum absolute atomic E-state index is 0.0668. The number of carboxylic acid groups (broad SMARTS) is 1. The number of aromatic nitrogens is 1. The van der Waals surface area contributed by atoms with Gasteiger partial charge >= 0.3 is 12.0 Å². The molecule has 0 bridgehead atoms. The van der Waals surface area contributed by atoms with Gasteiger partial charge < -0.3 is 10.0 Å². The van der Waals surface area contributed by atoms with Gasteiger partial charge in [0.15, 0.2) is 5.13 Å². The maximum atomic E-state index is 12.2. The Morgan fingerprint density at radius 3 is 2.55 bits per heavy atom. The fourth-order valence-electron chi connectivity index (χ4n) is 1.78. The summed E-state index contributed by atoms with van der Waals surface area (Å²) in [6.45, 7) is 7.87. The first-order valence-corrected chi connectivity index (χ1v) is 7.42. The summed E-state index contributed by atoms with van der Waals surface area (Å²) in [7, 11) is 0. The first kappa shape index (κ1) is 16.4. The lowest BCUT2D eigenvalue weighted by Crippen LogP contribution is -2.41. The number of anilines is 1. The van der Waals surface area contributed by atoms with Crippen LogP contribution in [0.3, 0.4) is 0 Å². The molecule has 0 saturated heterocycles. The maximum Gasteiger partial charge on any atom is 0.323 e. The molecule has 2 amide bonds. The van der Waals surface area contributed by atoms with Crippen LogP contribution in [-0.2, 0) is 11.2 Å². The van der Waals surface area contributed by atoms with Crippen molar-refractivity contribution in [2.24, 2.45) is 0 Å². The predicted octanol–water partition coefficient (Wildman–Crippen LogP) is 2.73. The molecule has 0 aliphatic rings. The highest BCUT2D eigenvalue weighted by atomic mass is 32.1. The SMILES string of the molecule is CCc1nc(NC(=O)N(CCC(=O)O)C(C)C)sc1C. The Hall–Kier alpha value is -1.63. The summed E-state index contributed by atoms with van der Waals surface area (Å²) in [5, 5.41) is 12.0. The van der Waals surface area contributed by atoms with Crippen LogP contribution in [-0.4, -0.2) is 39.6 Å². The first-order valence-electron chi connectivity index (χ1n) is 6.60. The number of rotatable bonds is 6. The van der Waals surface area contributed by atoms with E-state index in [0.29, 0.717) is 5.13 Å². The number of nitrogens with zero attached hydrogens (tertiary/aromatic N) is 2. The molecule has 1 rings (SSSR count). The van der Waals surface area contributed by atoms with E-state index >= 15 is 0 Å². The monoisotopic (exact) mass is 299 g/mol. The number of aryl methyl sites for hydroxylation is 2. The average Bonchev–Trinajstić information content (AvgIpc) is 2.68. The number of amides is 2. The smallest absolute Gasteiger partial charge is 0.323 e. The number of hydrogen-bond acceptors (Lipinski definition) is 4. The van der Waals surface area contributed by atoms with Crippen molar-refractivity contribution in [2.75, 3.05) is 11.9 Å². The molecular formula is C13H21N3O3S. The van der Waals surface area contributed by atoms with Gasteiger partial charge in [-0.1, -0.05) is 6.92 Å². The Morgan fingerprint density at radius 2 is 2.10 bits per heavy atom. The second kappa shape index (κ2) is 7.23. The summed E-state index contributed by atoms with van der Waals surface area (Å²) >= 11 is 1.43. The molecule has 1 heterocycles. The second-order valence-corrected chi connectivity index (χ2v) is 5.94. The van der Waals surface area contributed by atoms with Crippen LogP contribution in [0.1, 0.15) is 37.8 Å². The zero-order chi connectivity index (χ0) is 15.3. The first-order chi connectivity index (χ1) is 9.35. The molecule has 0 aliphatic heterocycles. The number of hydrogen-bond donors (Lipinski definition) is 2. The third-order valence-corrected chi connectivity index (χ3v) is 3.82. The van der Waals surface area contributed by atoms with E-state index in [1.807, 2.05) is 27.7 Å². The molecule has 2 N–H and O–H groups in total. The molecule has 0 saturated carbocycles. The number of carbonyl (C=O) groups excluding carboxylic acids is 1. The van der Waals surface area contributed by atoms with Gasteiger partial charge in [0.05, 0.1) is 12.1 Å². The molecule has 0 unspecified atom stereocenters. The lowest BCUT2D eigenvalue weighted by molar-refractivity contribution is -0.137. The summed E-state index contributed by atoms with van der Waals surface area (Å²) in [5.41, 5.74) is 0.979. The van der Waals surface area contributed by atoms with E-state index in [9.17, 15) is 9.59 Å². The third kappa shape index (κ3) is 4.48. The zero-order valence-electron chi connectivity index (χ0n) is 12.3. The topological polar surface area (TPSA) is 82.5 Å². The normalized spacial score (nSPS) is 10.7. The highest BCUT2D eigenvalue weighted by molar-refractivity contribution is 7.15. The summed E-state index contributed by atoms with van der Waals surface area (Å²) in [4.78, 5) is 29.7. The van der Waals surface area contributed by atoms with Crippen LogP contribution in [0, 0.1) is 6.92 Å². The molecule has 0 aliphatic carbocycles. The molecule has 0 atom stereocenters. The molecule has 0 aromatic carbocycles. The molecule has 0 radical (unpaired) electrons. The Bertz CT molecular complexity index is 485. The van der Waals surface area contributed by atoms with Gasteiger partial charge in [0.2, 0.25) is 0 Å². The Balaban J connectivity index is 2.72.